The maximum atomic E-state index is 12.4. The number of pyridine rings is 2. The molecule has 0 atom stereocenters. The van der Waals surface area contributed by atoms with E-state index in [-0.39, 0.29) is 18.0 Å². The minimum atomic E-state index is -0.252. The third-order valence-electron chi connectivity index (χ3n) is 4.56. The van der Waals surface area contributed by atoms with Crippen LogP contribution in [0.15, 0.2) is 42.9 Å². The van der Waals surface area contributed by atoms with Crippen molar-refractivity contribution in [1.29, 1.82) is 0 Å². The number of aromatic nitrogens is 2. The van der Waals surface area contributed by atoms with Gasteiger partial charge in [-0.25, -0.2) is 4.79 Å². The van der Waals surface area contributed by atoms with Crippen LogP contribution >= 0.6 is 0 Å². The molecule has 28 heavy (non-hydrogen) atoms. The minimum absolute atomic E-state index is 0.232. The molecular formula is C20H25N5O3. The second-order valence-electron chi connectivity index (χ2n) is 6.58. The molecule has 0 aliphatic carbocycles. The monoisotopic (exact) mass is 383 g/mol. The van der Waals surface area contributed by atoms with Gasteiger partial charge in [0, 0.05) is 50.0 Å². The molecular weight excluding hydrogens is 358 g/mol. The van der Waals surface area contributed by atoms with Crippen molar-refractivity contribution in [2.24, 2.45) is 0 Å². The Kier molecular flexibility index (Phi) is 6.78. The van der Waals surface area contributed by atoms with E-state index < -0.39 is 0 Å². The number of amides is 2. The summed E-state index contributed by atoms with van der Waals surface area (Å²) in [5.74, 6) is -0.232. The lowest BCUT2D eigenvalue weighted by Crippen LogP contribution is -2.42. The molecule has 0 spiro atoms. The Labute approximate surface area is 164 Å². The summed E-state index contributed by atoms with van der Waals surface area (Å²) in [5, 5.41) is 6.28. The number of anilines is 1. The molecule has 0 bridgehead atoms. The van der Waals surface area contributed by atoms with E-state index in [1.54, 1.807) is 36.5 Å². The van der Waals surface area contributed by atoms with Gasteiger partial charge in [0.15, 0.2) is 0 Å². The van der Waals surface area contributed by atoms with E-state index >= 15 is 0 Å². The van der Waals surface area contributed by atoms with Crippen molar-refractivity contribution in [2.45, 2.75) is 32.4 Å². The second kappa shape index (κ2) is 9.68. The van der Waals surface area contributed by atoms with Gasteiger partial charge in [-0.3, -0.25) is 14.8 Å². The number of carbonyl (C=O) groups is 2. The standard InChI is InChI=1S/C20H25N5O3/c1-2-28-20(27)25-10-6-16(7-11-25)24-17-5-9-22-18(12-17)19(26)23-14-15-4-3-8-21-13-15/h3-5,8-9,12-13,16H,2,6-7,10-11,14H2,1H3,(H,22,24)(H,23,26). The first-order chi connectivity index (χ1) is 13.7. The lowest BCUT2D eigenvalue weighted by Gasteiger charge is -2.32. The van der Waals surface area contributed by atoms with Gasteiger partial charge in [-0.15, -0.1) is 0 Å². The van der Waals surface area contributed by atoms with Crippen LogP contribution in [0.4, 0.5) is 10.5 Å². The molecule has 1 saturated heterocycles. The highest BCUT2D eigenvalue weighted by molar-refractivity contribution is 5.93. The number of likely N-dealkylation sites (tertiary alicyclic amines) is 1. The molecule has 148 valence electrons. The van der Waals surface area contributed by atoms with E-state index in [2.05, 4.69) is 20.6 Å². The normalized spacial score (nSPS) is 14.4. The summed E-state index contributed by atoms with van der Waals surface area (Å²) >= 11 is 0. The van der Waals surface area contributed by atoms with Crippen LogP contribution in [-0.4, -0.2) is 52.6 Å². The maximum absolute atomic E-state index is 12.4. The van der Waals surface area contributed by atoms with Crippen LogP contribution in [0.2, 0.25) is 0 Å². The summed E-state index contributed by atoms with van der Waals surface area (Å²) in [5.41, 5.74) is 2.13. The Morgan fingerprint density at radius 2 is 2.07 bits per heavy atom. The van der Waals surface area contributed by atoms with E-state index in [0.717, 1.165) is 24.1 Å². The SMILES string of the molecule is CCOC(=O)N1CCC(Nc2ccnc(C(=O)NCc3cccnc3)c2)CC1. The van der Waals surface area contributed by atoms with Gasteiger partial charge in [-0.2, -0.15) is 0 Å². The van der Waals surface area contributed by atoms with Crippen LogP contribution in [0.5, 0.6) is 0 Å². The van der Waals surface area contributed by atoms with Crippen LogP contribution in [0.3, 0.4) is 0 Å². The second-order valence-corrected chi connectivity index (χ2v) is 6.58. The molecule has 2 N–H and O–H groups in total. The number of hydrogen-bond acceptors (Lipinski definition) is 6. The average molecular weight is 383 g/mol. The Balaban J connectivity index is 1.51. The van der Waals surface area contributed by atoms with E-state index in [0.29, 0.717) is 31.9 Å². The number of piperidine rings is 1. The highest BCUT2D eigenvalue weighted by atomic mass is 16.6. The minimum Gasteiger partial charge on any atom is -0.450 e. The van der Waals surface area contributed by atoms with E-state index in [1.165, 1.54) is 0 Å². The van der Waals surface area contributed by atoms with Gasteiger partial charge in [-0.1, -0.05) is 6.07 Å². The fourth-order valence-electron chi connectivity index (χ4n) is 3.08. The fraction of sp³-hybridized carbons (Fsp3) is 0.400. The molecule has 3 rings (SSSR count). The highest BCUT2D eigenvalue weighted by Crippen LogP contribution is 2.17. The Morgan fingerprint density at radius 3 is 2.79 bits per heavy atom. The molecule has 0 saturated carbocycles. The Morgan fingerprint density at radius 1 is 1.25 bits per heavy atom. The third kappa shape index (κ3) is 5.42. The smallest absolute Gasteiger partial charge is 0.409 e. The molecule has 0 unspecified atom stereocenters. The summed E-state index contributed by atoms with van der Waals surface area (Å²) in [6.45, 7) is 3.90. The van der Waals surface area contributed by atoms with Crippen molar-refractivity contribution >= 4 is 17.7 Å². The molecule has 1 aliphatic rings. The topological polar surface area (TPSA) is 96.5 Å². The van der Waals surface area contributed by atoms with E-state index in [9.17, 15) is 9.59 Å². The van der Waals surface area contributed by atoms with Crippen molar-refractivity contribution in [3.05, 3.63) is 54.1 Å². The zero-order valence-corrected chi connectivity index (χ0v) is 15.9. The maximum Gasteiger partial charge on any atom is 0.409 e. The third-order valence-corrected chi connectivity index (χ3v) is 4.56. The quantitative estimate of drug-likeness (QED) is 0.795. The number of ether oxygens (including phenoxy) is 1. The van der Waals surface area contributed by atoms with E-state index in [1.807, 2.05) is 18.2 Å². The Hall–Kier alpha value is -3.16. The molecule has 3 heterocycles. The highest BCUT2D eigenvalue weighted by Gasteiger charge is 2.23. The first-order valence-corrected chi connectivity index (χ1v) is 9.47. The van der Waals surface area contributed by atoms with Gasteiger partial charge in [0.2, 0.25) is 0 Å². The fourth-order valence-corrected chi connectivity index (χ4v) is 3.08. The summed E-state index contributed by atoms with van der Waals surface area (Å²) in [6, 6.07) is 7.56. The van der Waals surface area contributed by atoms with Gasteiger partial charge in [0.25, 0.3) is 5.91 Å². The van der Waals surface area contributed by atoms with Crippen molar-refractivity contribution in [2.75, 3.05) is 25.0 Å². The molecule has 0 radical (unpaired) electrons. The summed E-state index contributed by atoms with van der Waals surface area (Å²) in [4.78, 5) is 34.1. The largest absolute Gasteiger partial charge is 0.450 e. The summed E-state index contributed by atoms with van der Waals surface area (Å²) in [6.07, 6.45) is 6.42. The van der Waals surface area contributed by atoms with Crippen molar-refractivity contribution in [3.8, 4) is 0 Å². The number of nitrogens with one attached hydrogen (secondary N) is 2. The lowest BCUT2D eigenvalue weighted by molar-refractivity contribution is 0.0943. The Bertz CT molecular complexity index is 791. The van der Waals surface area contributed by atoms with Crippen molar-refractivity contribution in [3.63, 3.8) is 0 Å². The number of rotatable bonds is 6. The van der Waals surface area contributed by atoms with Crippen LogP contribution in [0.25, 0.3) is 0 Å². The van der Waals surface area contributed by atoms with Crippen LogP contribution in [0.1, 0.15) is 35.8 Å². The summed E-state index contributed by atoms with van der Waals surface area (Å²) in [7, 11) is 0. The first kappa shape index (κ1) is 19.6. The predicted octanol–water partition coefficient (Wildman–Crippen LogP) is 2.44. The molecule has 0 aromatic carbocycles. The van der Waals surface area contributed by atoms with Crippen LogP contribution in [0, 0.1) is 0 Å². The van der Waals surface area contributed by atoms with Crippen molar-refractivity contribution < 1.29 is 14.3 Å². The zero-order valence-electron chi connectivity index (χ0n) is 15.9. The van der Waals surface area contributed by atoms with Crippen LogP contribution in [-0.2, 0) is 11.3 Å². The zero-order chi connectivity index (χ0) is 19.8. The van der Waals surface area contributed by atoms with Gasteiger partial charge in [0.05, 0.1) is 6.61 Å². The molecule has 2 amide bonds. The van der Waals surface area contributed by atoms with Gasteiger partial charge in [-0.05, 0) is 43.5 Å². The number of hydrogen-bond donors (Lipinski definition) is 2. The summed E-state index contributed by atoms with van der Waals surface area (Å²) < 4.78 is 5.04. The molecule has 1 fully saturated rings. The lowest BCUT2D eigenvalue weighted by atomic mass is 10.1. The first-order valence-electron chi connectivity index (χ1n) is 9.47. The van der Waals surface area contributed by atoms with Crippen molar-refractivity contribution in [1.82, 2.24) is 20.2 Å². The number of nitrogens with zero attached hydrogens (tertiary/aromatic N) is 3. The molecule has 2 aromatic heterocycles. The van der Waals surface area contributed by atoms with Gasteiger partial charge < -0.3 is 20.3 Å². The average Bonchev–Trinajstić information content (AvgIpc) is 2.73. The molecule has 1 aliphatic heterocycles. The predicted molar refractivity (Wildman–Crippen MR) is 105 cm³/mol. The number of carbonyl (C=O) groups excluding carboxylic acids is 2. The molecule has 8 nitrogen and oxygen atoms in total. The molecule has 8 heteroatoms. The van der Waals surface area contributed by atoms with Gasteiger partial charge in [0.1, 0.15) is 5.69 Å². The molecule has 2 aromatic rings. The van der Waals surface area contributed by atoms with Gasteiger partial charge >= 0.3 is 6.09 Å². The van der Waals surface area contributed by atoms with E-state index in [4.69, 9.17) is 4.74 Å². The van der Waals surface area contributed by atoms with Crippen LogP contribution < -0.4 is 10.6 Å².